The molecule has 2 atom stereocenters. The lowest BCUT2D eigenvalue weighted by Crippen LogP contribution is -2.53. The van der Waals surface area contributed by atoms with Crippen LogP contribution >= 0.6 is 12.4 Å². The van der Waals surface area contributed by atoms with Gasteiger partial charge in [-0.2, -0.15) is 0 Å². The zero-order chi connectivity index (χ0) is 23.5. The van der Waals surface area contributed by atoms with Crippen molar-refractivity contribution < 1.29 is 9.59 Å². The summed E-state index contributed by atoms with van der Waals surface area (Å²) in [4.78, 5) is 29.9. The quantitative estimate of drug-likeness (QED) is 0.327. The number of aromatic amines is 1. The van der Waals surface area contributed by atoms with E-state index in [4.69, 9.17) is 0 Å². The van der Waals surface area contributed by atoms with Gasteiger partial charge in [-0.05, 0) is 53.8 Å². The van der Waals surface area contributed by atoms with Crippen LogP contribution in [0, 0.1) is 6.92 Å². The highest BCUT2D eigenvalue weighted by Crippen LogP contribution is 2.21. The van der Waals surface area contributed by atoms with E-state index in [-0.39, 0.29) is 30.3 Å². The molecule has 7 heteroatoms. The van der Waals surface area contributed by atoms with Gasteiger partial charge in [0.05, 0.1) is 6.04 Å². The second-order valence-corrected chi connectivity index (χ2v) is 8.89. The van der Waals surface area contributed by atoms with Crippen molar-refractivity contribution >= 4 is 40.8 Å². The Labute approximate surface area is 210 Å². The molecule has 4 N–H and O–H groups in total. The van der Waals surface area contributed by atoms with E-state index in [2.05, 4.69) is 33.1 Å². The summed E-state index contributed by atoms with van der Waals surface area (Å²) in [6, 6.07) is 22.7. The van der Waals surface area contributed by atoms with Gasteiger partial charge in [-0.15, -0.1) is 12.4 Å². The number of hydrogen-bond donors (Lipinski definition) is 4. The number of fused-ring (bicyclic) bond motifs is 2. The third-order valence-electron chi connectivity index (χ3n) is 6.42. The van der Waals surface area contributed by atoms with Crippen LogP contribution in [0.2, 0.25) is 0 Å². The molecule has 2 amide bonds. The number of H-pyrrole nitrogens is 1. The maximum Gasteiger partial charge on any atom is 0.247 e. The van der Waals surface area contributed by atoms with Crippen molar-refractivity contribution in [3.05, 3.63) is 101 Å². The molecule has 5 rings (SSSR count). The predicted octanol–water partition coefficient (Wildman–Crippen LogP) is 4.28. The van der Waals surface area contributed by atoms with E-state index < -0.39 is 6.04 Å². The van der Waals surface area contributed by atoms with Crippen LogP contribution in [0.4, 0.5) is 5.69 Å². The molecule has 35 heavy (non-hydrogen) atoms. The van der Waals surface area contributed by atoms with Crippen molar-refractivity contribution in [2.45, 2.75) is 38.4 Å². The Balaban J connectivity index is 0.00000289. The monoisotopic (exact) mass is 488 g/mol. The van der Waals surface area contributed by atoms with Crippen molar-refractivity contribution in [3.63, 3.8) is 0 Å². The summed E-state index contributed by atoms with van der Waals surface area (Å²) in [6.07, 6.45) is 2.90. The summed E-state index contributed by atoms with van der Waals surface area (Å²) in [5.41, 5.74) is 6.14. The number of para-hydroxylation sites is 1. The summed E-state index contributed by atoms with van der Waals surface area (Å²) in [6.45, 7) is 2.62. The Morgan fingerprint density at radius 3 is 2.60 bits per heavy atom. The smallest absolute Gasteiger partial charge is 0.247 e. The molecule has 1 aliphatic heterocycles. The fraction of sp³-hybridized carbons (Fsp3) is 0.214. The summed E-state index contributed by atoms with van der Waals surface area (Å²) >= 11 is 0. The molecule has 180 valence electrons. The zero-order valence-corrected chi connectivity index (χ0v) is 20.3. The highest BCUT2D eigenvalue weighted by atomic mass is 35.5. The largest absolute Gasteiger partial charge is 0.361 e. The first kappa shape index (κ1) is 24.5. The molecule has 1 aromatic heterocycles. The van der Waals surface area contributed by atoms with Gasteiger partial charge >= 0.3 is 0 Å². The fourth-order valence-electron chi connectivity index (χ4n) is 4.59. The van der Waals surface area contributed by atoms with E-state index in [1.165, 1.54) is 11.1 Å². The molecular formula is C28H29ClN4O2. The topological polar surface area (TPSA) is 86.0 Å². The van der Waals surface area contributed by atoms with Crippen LogP contribution in [0.5, 0.6) is 0 Å². The second kappa shape index (κ2) is 10.8. The Kier molecular flexibility index (Phi) is 7.54. The van der Waals surface area contributed by atoms with E-state index in [0.29, 0.717) is 25.1 Å². The van der Waals surface area contributed by atoms with E-state index in [0.717, 1.165) is 22.0 Å². The zero-order valence-electron chi connectivity index (χ0n) is 19.5. The molecule has 0 aliphatic carbocycles. The van der Waals surface area contributed by atoms with Crippen molar-refractivity contribution in [2.75, 3.05) is 5.32 Å². The molecule has 0 radical (unpaired) electrons. The van der Waals surface area contributed by atoms with Gasteiger partial charge in [0.1, 0.15) is 6.04 Å². The minimum absolute atomic E-state index is 0. The number of hydrogen-bond acceptors (Lipinski definition) is 3. The van der Waals surface area contributed by atoms with Gasteiger partial charge in [0, 0.05) is 35.8 Å². The van der Waals surface area contributed by atoms with Crippen LogP contribution < -0.4 is 16.0 Å². The van der Waals surface area contributed by atoms with Crippen molar-refractivity contribution in [1.29, 1.82) is 0 Å². The van der Waals surface area contributed by atoms with E-state index in [1.807, 2.05) is 73.8 Å². The minimum atomic E-state index is -0.716. The third-order valence-corrected chi connectivity index (χ3v) is 6.42. The molecule has 0 bridgehead atoms. The van der Waals surface area contributed by atoms with Gasteiger partial charge in [-0.3, -0.25) is 9.59 Å². The lowest BCUT2D eigenvalue weighted by molar-refractivity contribution is -0.128. The fourth-order valence-corrected chi connectivity index (χ4v) is 4.59. The third kappa shape index (κ3) is 5.56. The molecule has 6 nitrogen and oxygen atoms in total. The number of carbonyl (C=O) groups is 2. The van der Waals surface area contributed by atoms with Gasteiger partial charge in [0.2, 0.25) is 11.8 Å². The van der Waals surface area contributed by atoms with Crippen molar-refractivity contribution in [1.82, 2.24) is 15.6 Å². The molecular weight excluding hydrogens is 460 g/mol. The number of nitrogens with one attached hydrogen (secondary N) is 4. The first-order valence-corrected chi connectivity index (χ1v) is 11.6. The van der Waals surface area contributed by atoms with Crippen molar-refractivity contribution in [3.8, 4) is 0 Å². The minimum Gasteiger partial charge on any atom is -0.361 e. The van der Waals surface area contributed by atoms with Crippen LogP contribution in [0.1, 0.15) is 22.3 Å². The van der Waals surface area contributed by atoms with Gasteiger partial charge in [-0.1, -0.05) is 54.6 Å². The maximum atomic E-state index is 13.3. The summed E-state index contributed by atoms with van der Waals surface area (Å²) in [5, 5.41) is 10.4. The molecule has 0 saturated carbocycles. The van der Waals surface area contributed by atoms with Gasteiger partial charge in [0.25, 0.3) is 0 Å². The van der Waals surface area contributed by atoms with Crippen molar-refractivity contribution in [2.24, 2.45) is 0 Å². The van der Waals surface area contributed by atoms with Crippen LogP contribution in [0.15, 0.2) is 79.0 Å². The number of rotatable bonds is 6. The maximum absolute atomic E-state index is 13.3. The van der Waals surface area contributed by atoms with Gasteiger partial charge in [-0.25, -0.2) is 0 Å². The number of carbonyl (C=O) groups excluding carboxylic acids is 2. The average Bonchev–Trinajstić information content (AvgIpc) is 3.26. The van der Waals surface area contributed by atoms with Gasteiger partial charge in [0.15, 0.2) is 0 Å². The normalized spacial score (nSPS) is 15.5. The lowest BCUT2D eigenvalue weighted by Gasteiger charge is -2.27. The van der Waals surface area contributed by atoms with Crippen LogP contribution in [-0.4, -0.2) is 28.9 Å². The first-order chi connectivity index (χ1) is 16.6. The second-order valence-electron chi connectivity index (χ2n) is 8.89. The first-order valence-electron chi connectivity index (χ1n) is 11.6. The Hall–Kier alpha value is -3.61. The molecule has 0 saturated heterocycles. The number of anilines is 1. The number of benzene rings is 3. The Morgan fingerprint density at radius 2 is 1.77 bits per heavy atom. The number of aryl methyl sites for hydroxylation is 1. The average molecular weight is 489 g/mol. The summed E-state index contributed by atoms with van der Waals surface area (Å²) in [5.74, 6) is -0.404. The molecule has 1 aliphatic rings. The SMILES string of the molecule is Cc1cccc(NC(=O)C(Cc2c[nH]c3ccccc23)NC(=O)C2Cc3ccccc3CN2)c1.Cl. The molecule has 0 spiro atoms. The van der Waals surface area contributed by atoms with Crippen LogP contribution in [0.25, 0.3) is 10.9 Å². The van der Waals surface area contributed by atoms with E-state index in [1.54, 1.807) is 0 Å². The standard InChI is InChI=1S/C28H28N4O2.ClH/c1-18-7-6-10-22(13-18)31-28(34)26(15-21-17-29-24-12-5-4-11-23(21)24)32-27(33)25-14-19-8-2-3-9-20(19)16-30-25;/h2-13,17,25-26,29-30H,14-16H2,1H3,(H,31,34)(H,32,33);1H. The van der Waals surface area contributed by atoms with Crippen LogP contribution in [0.3, 0.4) is 0 Å². The Morgan fingerprint density at radius 1 is 1.00 bits per heavy atom. The Bertz CT molecular complexity index is 1350. The molecule has 2 heterocycles. The number of aromatic nitrogens is 1. The summed E-state index contributed by atoms with van der Waals surface area (Å²) in [7, 11) is 0. The highest BCUT2D eigenvalue weighted by Gasteiger charge is 2.29. The summed E-state index contributed by atoms with van der Waals surface area (Å²) < 4.78 is 0. The van der Waals surface area contributed by atoms with Gasteiger partial charge < -0.3 is 20.9 Å². The molecule has 0 fully saturated rings. The molecule has 4 aromatic rings. The molecule has 2 unspecified atom stereocenters. The number of halogens is 1. The van der Waals surface area contributed by atoms with Crippen LogP contribution in [-0.2, 0) is 29.0 Å². The molecule has 3 aromatic carbocycles. The number of amides is 2. The van der Waals surface area contributed by atoms with E-state index >= 15 is 0 Å². The van der Waals surface area contributed by atoms with E-state index in [9.17, 15) is 9.59 Å². The lowest BCUT2D eigenvalue weighted by atomic mass is 9.95. The predicted molar refractivity (Wildman–Crippen MR) is 142 cm³/mol. The highest BCUT2D eigenvalue weighted by molar-refractivity contribution is 5.98.